The molecule has 1 N–H and O–H groups in total. The predicted octanol–water partition coefficient (Wildman–Crippen LogP) is 1.30. The molecule has 1 amide bonds. The van der Waals surface area contributed by atoms with Gasteiger partial charge < -0.3 is 4.74 Å². The largest absolute Gasteiger partial charge is 0.444 e. The predicted molar refractivity (Wildman–Crippen MR) is 69.1 cm³/mol. The quantitative estimate of drug-likeness (QED) is 0.762. The molecule has 0 aliphatic carbocycles. The first kappa shape index (κ1) is 14.0. The second-order valence-corrected chi connectivity index (χ2v) is 4.89. The van der Waals surface area contributed by atoms with Crippen molar-refractivity contribution in [3.05, 3.63) is 23.5 Å². The summed E-state index contributed by atoms with van der Waals surface area (Å²) in [5.74, 6) is -0.570. The molecule has 1 aromatic rings. The maximum absolute atomic E-state index is 13.7. The van der Waals surface area contributed by atoms with E-state index in [1.807, 2.05) is 6.07 Å². The molecule has 0 spiro atoms. The lowest BCUT2D eigenvalue weighted by Gasteiger charge is -2.20. The molecule has 0 saturated heterocycles. The minimum atomic E-state index is -0.754. The van der Waals surface area contributed by atoms with E-state index >= 15 is 0 Å². The van der Waals surface area contributed by atoms with E-state index in [-0.39, 0.29) is 11.3 Å². The van der Waals surface area contributed by atoms with Gasteiger partial charge in [0.15, 0.2) is 0 Å². The molecule has 0 aliphatic heterocycles. The van der Waals surface area contributed by atoms with Crippen LogP contribution in [0.25, 0.3) is 0 Å². The summed E-state index contributed by atoms with van der Waals surface area (Å²) in [6, 6.07) is 4.58. The molecule has 1 rings (SSSR count). The number of nitrogens with zero attached hydrogens (tertiary/aromatic N) is 1. The second kappa shape index (κ2) is 5.09. The lowest BCUT2D eigenvalue weighted by Crippen LogP contribution is -2.28. The second-order valence-electron chi connectivity index (χ2n) is 4.89. The number of rotatable bonds is 1. The molecule has 6 heteroatoms. The van der Waals surface area contributed by atoms with Crippen LogP contribution in [0.1, 0.15) is 26.3 Å². The average Bonchev–Trinajstić information content (AvgIpc) is 2.21. The molecule has 0 aliphatic rings. The van der Waals surface area contributed by atoms with E-state index in [0.29, 0.717) is 5.46 Å². The summed E-state index contributed by atoms with van der Waals surface area (Å²) in [6.45, 7) is 5.12. The summed E-state index contributed by atoms with van der Waals surface area (Å²) in [6.07, 6.45) is -0.754. The van der Waals surface area contributed by atoms with Crippen LogP contribution in [0.4, 0.5) is 14.9 Å². The Morgan fingerprint density at radius 1 is 1.50 bits per heavy atom. The van der Waals surface area contributed by atoms with Gasteiger partial charge >= 0.3 is 6.09 Å². The summed E-state index contributed by atoms with van der Waals surface area (Å²) in [4.78, 5) is 11.5. The SMILES string of the molecule is Bc1cc(C#N)cc(NC(=O)OC(C)(C)C)c1F. The molecule has 18 heavy (non-hydrogen) atoms. The number of halogens is 1. The summed E-state index contributed by atoms with van der Waals surface area (Å²) in [5.41, 5.74) is -0.150. The van der Waals surface area contributed by atoms with Crippen molar-refractivity contribution in [1.82, 2.24) is 0 Å². The first-order chi connectivity index (χ1) is 8.23. The third-order valence-electron chi connectivity index (χ3n) is 2.02. The highest BCUT2D eigenvalue weighted by atomic mass is 19.1. The zero-order chi connectivity index (χ0) is 13.9. The Kier molecular flexibility index (Phi) is 3.97. The van der Waals surface area contributed by atoms with Crippen LogP contribution in [0.15, 0.2) is 12.1 Å². The number of nitriles is 1. The summed E-state index contributed by atoms with van der Waals surface area (Å²) >= 11 is 0. The van der Waals surface area contributed by atoms with Crippen molar-refractivity contribution in [1.29, 1.82) is 5.26 Å². The van der Waals surface area contributed by atoms with Crippen molar-refractivity contribution in [2.24, 2.45) is 0 Å². The van der Waals surface area contributed by atoms with Crippen molar-refractivity contribution in [3.63, 3.8) is 0 Å². The molecule has 1 aromatic carbocycles. The third kappa shape index (κ3) is 3.77. The Labute approximate surface area is 106 Å². The van der Waals surface area contributed by atoms with Crippen LogP contribution in [0, 0.1) is 17.1 Å². The third-order valence-corrected chi connectivity index (χ3v) is 2.02. The number of carbonyl (C=O) groups excluding carboxylic acids is 1. The van der Waals surface area contributed by atoms with Gasteiger partial charge in [0.05, 0.1) is 17.3 Å². The summed E-state index contributed by atoms with van der Waals surface area (Å²) in [5, 5.41) is 11.1. The van der Waals surface area contributed by atoms with Crippen molar-refractivity contribution < 1.29 is 13.9 Å². The van der Waals surface area contributed by atoms with Gasteiger partial charge in [0.1, 0.15) is 19.3 Å². The summed E-state index contributed by atoms with van der Waals surface area (Å²) < 4.78 is 18.7. The fourth-order valence-corrected chi connectivity index (χ4v) is 1.34. The average molecular weight is 248 g/mol. The summed E-state index contributed by atoms with van der Waals surface area (Å²) in [7, 11) is 1.52. The molecule has 0 unspecified atom stereocenters. The monoisotopic (exact) mass is 248 g/mol. The molecule has 0 heterocycles. The number of ether oxygens (including phenoxy) is 1. The Hall–Kier alpha value is -2.03. The maximum Gasteiger partial charge on any atom is 0.412 e. The number of hydrogen-bond donors (Lipinski definition) is 1. The van der Waals surface area contributed by atoms with Gasteiger partial charge in [-0.1, -0.05) is 5.46 Å². The minimum Gasteiger partial charge on any atom is -0.444 e. The molecule has 94 valence electrons. The standard InChI is InChI=1S/C12H14BFN2O2/c1-12(2,3)18-11(17)16-9-5-7(6-15)4-8(13)10(9)14/h4-5H,13H2,1-3H3,(H,16,17). The molecular formula is C12H14BFN2O2. The highest BCUT2D eigenvalue weighted by molar-refractivity contribution is 6.33. The van der Waals surface area contributed by atoms with Crippen LogP contribution >= 0.6 is 0 Å². The molecule has 0 atom stereocenters. The Morgan fingerprint density at radius 3 is 2.61 bits per heavy atom. The van der Waals surface area contributed by atoms with Gasteiger partial charge in [0.25, 0.3) is 0 Å². The van der Waals surface area contributed by atoms with Gasteiger partial charge in [-0.2, -0.15) is 5.26 Å². The minimum absolute atomic E-state index is 0.0548. The number of carbonyl (C=O) groups is 1. The molecular weight excluding hydrogens is 234 g/mol. The van der Waals surface area contributed by atoms with E-state index in [9.17, 15) is 9.18 Å². The van der Waals surface area contributed by atoms with Crippen LogP contribution in [0.2, 0.25) is 0 Å². The zero-order valence-corrected chi connectivity index (χ0v) is 10.8. The van der Waals surface area contributed by atoms with Crippen LogP contribution in [0.5, 0.6) is 0 Å². The highest BCUT2D eigenvalue weighted by Gasteiger charge is 2.18. The van der Waals surface area contributed by atoms with Gasteiger partial charge in [0, 0.05) is 0 Å². The number of amides is 1. The van der Waals surface area contributed by atoms with Crippen molar-refractivity contribution in [3.8, 4) is 6.07 Å². The Balaban J connectivity index is 2.95. The highest BCUT2D eigenvalue weighted by Crippen LogP contribution is 2.15. The van der Waals surface area contributed by atoms with E-state index in [4.69, 9.17) is 10.00 Å². The lowest BCUT2D eigenvalue weighted by molar-refractivity contribution is 0.0635. The van der Waals surface area contributed by atoms with Crippen LogP contribution < -0.4 is 10.8 Å². The van der Waals surface area contributed by atoms with E-state index in [1.54, 1.807) is 20.8 Å². The smallest absolute Gasteiger partial charge is 0.412 e. The first-order valence-corrected chi connectivity index (χ1v) is 5.43. The van der Waals surface area contributed by atoms with E-state index in [0.717, 1.165) is 0 Å². The van der Waals surface area contributed by atoms with Crippen LogP contribution in [-0.2, 0) is 4.74 Å². The van der Waals surface area contributed by atoms with Gasteiger partial charge in [0.2, 0.25) is 0 Å². The van der Waals surface area contributed by atoms with Crippen LogP contribution in [-0.4, -0.2) is 19.5 Å². The molecule has 0 aromatic heterocycles. The van der Waals surface area contributed by atoms with E-state index in [1.165, 1.54) is 20.0 Å². The van der Waals surface area contributed by atoms with Gasteiger partial charge in [-0.05, 0) is 32.9 Å². The van der Waals surface area contributed by atoms with Crippen molar-refractivity contribution >= 4 is 25.1 Å². The van der Waals surface area contributed by atoms with Gasteiger partial charge in [-0.3, -0.25) is 5.32 Å². The number of nitrogens with one attached hydrogen (secondary N) is 1. The fourth-order valence-electron chi connectivity index (χ4n) is 1.34. The topological polar surface area (TPSA) is 62.1 Å². The first-order valence-electron chi connectivity index (χ1n) is 5.43. The van der Waals surface area contributed by atoms with E-state index < -0.39 is 17.5 Å². The molecule has 0 radical (unpaired) electrons. The molecule has 0 bridgehead atoms. The molecule has 4 nitrogen and oxygen atoms in total. The van der Waals surface area contributed by atoms with Crippen molar-refractivity contribution in [2.45, 2.75) is 26.4 Å². The van der Waals surface area contributed by atoms with E-state index in [2.05, 4.69) is 5.32 Å². The number of hydrogen-bond acceptors (Lipinski definition) is 3. The van der Waals surface area contributed by atoms with Gasteiger partial charge in [-0.15, -0.1) is 0 Å². The maximum atomic E-state index is 13.7. The molecule has 0 fully saturated rings. The lowest BCUT2D eigenvalue weighted by atomic mass is 9.93. The van der Waals surface area contributed by atoms with Crippen molar-refractivity contribution in [2.75, 3.05) is 5.32 Å². The number of anilines is 1. The normalized spacial score (nSPS) is 10.6. The Bertz CT molecular complexity index is 518. The number of benzene rings is 1. The van der Waals surface area contributed by atoms with Crippen LogP contribution in [0.3, 0.4) is 0 Å². The Morgan fingerprint density at radius 2 is 2.11 bits per heavy atom. The molecule has 0 saturated carbocycles. The zero-order valence-electron chi connectivity index (χ0n) is 10.8. The van der Waals surface area contributed by atoms with Gasteiger partial charge in [-0.25, -0.2) is 9.18 Å². The fraction of sp³-hybridized carbons (Fsp3) is 0.333.